The smallest absolute Gasteiger partial charge is 0.339 e. The number of nitrogens with one attached hydrogen (secondary N) is 1. The maximum Gasteiger partial charge on any atom is 0.339 e. The second kappa shape index (κ2) is 5.47. The van der Waals surface area contributed by atoms with Gasteiger partial charge in [0.25, 0.3) is 0 Å². The summed E-state index contributed by atoms with van der Waals surface area (Å²) < 4.78 is 0.601. The van der Waals surface area contributed by atoms with Crippen molar-refractivity contribution in [2.75, 3.05) is 11.9 Å². The first-order valence-corrected chi connectivity index (χ1v) is 5.36. The number of hydrogen-bond donors (Lipinski definition) is 2. The van der Waals surface area contributed by atoms with Gasteiger partial charge in [-0.3, -0.25) is 0 Å². The van der Waals surface area contributed by atoms with Gasteiger partial charge in [0.2, 0.25) is 0 Å². The molecule has 0 aliphatic heterocycles. The van der Waals surface area contributed by atoms with Crippen molar-refractivity contribution in [2.24, 2.45) is 5.92 Å². The summed E-state index contributed by atoms with van der Waals surface area (Å²) in [5, 5.41) is 20.4. The van der Waals surface area contributed by atoms with Crippen LogP contribution in [-0.4, -0.2) is 22.6 Å². The average molecular weight is 284 g/mol. The fourth-order valence-electron chi connectivity index (χ4n) is 1.04. The van der Waals surface area contributed by atoms with Crippen LogP contribution >= 0.6 is 15.9 Å². The number of aromatic nitrogens is 1. The highest BCUT2D eigenvalue weighted by Gasteiger charge is 2.12. The molecule has 1 rings (SSSR count). The molecule has 0 aliphatic rings. The van der Waals surface area contributed by atoms with Gasteiger partial charge in [0.15, 0.2) is 0 Å². The largest absolute Gasteiger partial charge is 0.478 e. The lowest BCUT2D eigenvalue weighted by molar-refractivity contribution is 0.0697. The lowest BCUT2D eigenvalue weighted by Gasteiger charge is -2.09. The Balaban J connectivity index is 2.88. The van der Waals surface area contributed by atoms with E-state index in [9.17, 15) is 4.79 Å². The van der Waals surface area contributed by atoms with E-state index in [0.29, 0.717) is 11.0 Å². The normalized spacial score (nSPS) is 11.6. The Hall–Kier alpha value is -1.61. The summed E-state index contributed by atoms with van der Waals surface area (Å²) in [4.78, 5) is 14.9. The summed E-state index contributed by atoms with van der Waals surface area (Å²) in [6.07, 6.45) is 1.51. The summed E-state index contributed by atoms with van der Waals surface area (Å²) in [6, 6.07) is 3.52. The zero-order valence-electron chi connectivity index (χ0n) is 8.57. The summed E-state index contributed by atoms with van der Waals surface area (Å²) in [5.41, 5.74) is 0.0829. The fraction of sp³-hybridized carbons (Fsp3) is 0.300. The Morgan fingerprint density at radius 2 is 2.50 bits per heavy atom. The molecule has 1 unspecified atom stereocenters. The SMILES string of the molecule is CC(C#N)CNc1ncc(Br)cc1C(=O)O. The standard InChI is InChI=1S/C10H10BrN3O2/c1-6(3-12)4-13-9-8(10(15)16)2-7(11)5-14-9/h2,5-6H,4H2,1H3,(H,13,14)(H,15,16). The molecule has 2 N–H and O–H groups in total. The van der Waals surface area contributed by atoms with Gasteiger partial charge in [0.05, 0.1) is 12.0 Å². The summed E-state index contributed by atoms with van der Waals surface area (Å²) in [6.45, 7) is 2.11. The summed E-state index contributed by atoms with van der Waals surface area (Å²) >= 11 is 3.15. The lowest BCUT2D eigenvalue weighted by Crippen LogP contribution is -2.13. The quantitative estimate of drug-likeness (QED) is 0.884. The van der Waals surface area contributed by atoms with Crippen molar-refractivity contribution in [1.29, 1.82) is 5.26 Å². The van der Waals surface area contributed by atoms with E-state index in [1.165, 1.54) is 12.3 Å². The molecular formula is C10H10BrN3O2. The highest BCUT2D eigenvalue weighted by Crippen LogP contribution is 2.18. The van der Waals surface area contributed by atoms with E-state index in [0.717, 1.165) is 0 Å². The first-order valence-electron chi connectivity index (χ1n) is 4.57. The van der Waals surface area contributed by atoms with Crippen LogP contribution in [0.25, 0.3) is 0 Å². The molecule has 6 heteroatoms. The minimum absolute atomic E-state index is 0.0829. The van der Waals surface area contributed by atoms with Crippen molar-refractivity contribution in [1.82, 2.24) is 4.98 Å². The molecule has 0 aliphatic carbocycles. The number of hydrogen-bond acceptors (Lipinski definition) is 4. The molecule has 0 saturated carbocycles. The fourth-order valence-corrected chi connectivity index (χ4v) is 1.37. The van der Waals surface area contributed by atoms with Crippen LogP contribution in [0.3, 0.4) is 0 Å². The molecule has 84 valence electrons. The molecule has 1 aromatic rings. The Labute approximate surface area is 101 Å². The van der Waals surface area contributed by atoms with Crippen LogP contribution in [-0.2, 0) is 0 Å². The van der Waals surface area contributed by atoms with Crippen LogP contribution in [0.5, 0.6) is 0 Å². The number of anilines is 1. The second-order valence-electron chi connectivity index (χ2n) is 3.27. The first-order chi connectivity index (χ1) is 7.54. The Morgan fingerprint density at radius 1 is 1.81 bits per heavy atom. The summed E-state index contributed by atoms with van der Waals surface area (Å²) in [7, 11) is 0. The molecule has 5 nitrogen and oxygen atoms in total. The average Bonchev–Trinajstić information content (AvgIpc) is 2.26. The lowest BCUT2D eigenvalue weighted by atomic mass is 10.2. The first kappa shape index (κ1) is 12.5. The number of pyridine rings is 1. The molecule has 0 radical (unpaired) electrons. The maximum absolute atomic E-state index is 10.9. The number of carbonyl (C=O) groups is 1. The zero-order valence-corrected chi connectivity index (χ0v) is 10.2. The van der Waals surface area contributed by atoms with E-state index in [-0.39, 0.29) is 17.3 Å². The molecule has 0 fully saturated rings. The van der Waals surface area contributed by atoms with Crippen molar-refractivity contribution < 1.29 is 9.90 Å². The van der Waals surface area contributed by atoms with E-state index in [1.807, 2.05) is 6.07 Å². The molecule has 0 saturated heterocycles. The van der Waals surface area contributed by atoms with E-state index >= 15 is 0 Å². The highest BCUT2D eigenvalue weighted by molar-refractivity contribution is 9.10. The number of carboxylic acid groups (broad SMARTS) is 1. The molecular weight excluding hydrogens is 274 g/mol. The minimum atomic E-state index is -1.05. The predicted octanol–water partition coefficient (Wildman–Crippen LogP) is 2.11. The van der Waals surface area contributed by atoms with Crippen molar-refractivity contribution in [3.05, 3.63) is 22.3 Å². The van der Waals surface area contributed by atoms with Crippen molar-refractivity contribution >= 4 is 27.7 Å². The van der Waals surface area contributed by atoms with Crippen molar-refractivity contribution in [2.45, 2.75) is 6.92 Å². The van der Waals surface area contributed by atoms with Gasteiger partial charge < -0.3 is 10.4 Å². The van der Waals surface area contributed by atoms with Crippen LogP contribution in [0.4, 0.5) is 5.82 Å². The van der Waals surface area contributed by atoms with Crippen LogP contribution < -0.4 is 5.32 Å². The molecule has 0 spiro atoms. The van der Waals surface area contributed by atoms with Gasteiger partial charge in [-0.15, -0.1) is 0 Å². The predicted molar refractivity (Wildman–Crippen MR) is 62.2 cm³/mol. The molecule has 0 aromatic carbocycles. The number of nitriles is 1. The van der Waals surface area contributed by atoms with Crippen LogP contribution in [0.1, 0.15) is 17.3 Å². The summed E-state index contributed by atoms with van der Waals surface area (Å²) in [5.74, 6) is -0.981. The third-order valence-electron chi connectivity index (χ3n) is 1.88. The topological polar surface area (TPSA) is 86.0 Å². The van der Waals surface area contributed by atoms with E-state index in [2.05, 4.69) is 26.2 Å². The van der Waals surface area contributed by atoms with Gasteiger partial charge in [-0.25, -0.2) is 9.78 Å². The van der Waals surface area contributed by atoms with Gasteiger partial charge in [-0.2, -0.15) is 5.26 Å². The van der Waals surface area contributed by atoms with Gasteiger partial charge in [-0.05, 0) is 28.9 Å². The zero-order chi connectivity index (χ0) is 12.1. The molecule has 0 bridgehead atoms. The minimum Gasteiger partial charge on any atom is -0.478 e. The van der Waals surface area contributed by atoms with E-state index < -0.39 is 5.97 Å². The number of carboxylic acids is 1. The maximum atomic E-state index is 10.9. The molecule has 16 heavy (non-hydrogen) atoms. The molecule has 1 atom stereocenters. The van der Waals surface area contributed by atoms with E-state index in [4.69, 9.17) is 10.4 Å². The second-order valence-corrected chi connectivity index (χ2v) is 4.18. The van der Waals surface area contributed by atoms with E-state index in [1.54, 1.807) is 6.92 Å². The van der Waals surface area contributed by atoms with Gasteiger partial charge in [-0.1, -0.05) is 0 Å². The Bertz CT molecular complexity index is 442. The van der Waals surface area contributed by atoms with Gasteiger partial charge in [0, 0.05) is 17.2 Å². The molecule has 1 heterocycles. The molecule has 1 aromatic heterocycles. The third-order valence-corrected chi connectivity index (χ3v) is 2.31. The van der Waals surface area contributed by atoms with Gasteiger partial charge in [0.1, 0.15) is 11.4 Å². The van der Waals surface area contributed by atoms with Crippen molar-refractivity contribution in [3.8, 4) is 6.07 Å². The number of aromatic carboxylic acids is 1. The van der Waals surface area contributed by atoms with Crippen LogP contribution in [0.2, 0.25) is 0 Å². The number of rotatable bonds is 4. The monoisotopic (exact) mass is 283 g/mol. The Morgan fingerprint density at radius 3 is 3.06 bits per heavy atom. The third kappa shape index (κ3) is 3.21. The van der Waals surface area contributed by atoms with Crippen molar-refractivity contribution in [3.63, 3.8) is 0 Å². The van der Waals surface area contributed by atoms with Crippen LogP contribution in [0.15, 0.2) is 16.7 Å². The van der Waals surface area contributed by atoms with Gasteiger partial charge >= 0.3 is 5.97 Å². The number of halogens is 1. The number of nitrogens with zero attached hydrogens (tertiary/aromatic N) is 2. The molecule has 0 amide bonds. The van der Waals surface area contributed by atoms with Crippen LogP contribution in [0, 0.1) is 17.2 Å². The highest BCUT2D eigenvalue weighted by atomic mass is 79.9. The Kier molecular flexibility index (Phi) is 4.26.